The monoisotopic (exact) mass is 354 g/mol. The van der Waals surface area contributed by atoms with E-state index < -0.39 is 5.91 Å². The Morgan fingerprint density at radius 3 is 2.81 bits per heavy atom. The number of hydroxylamine groups is 1. The maximum atomic E-state index is 13.3. The Morgan fingerprint density at radius 2 is 2.04 bits per heavy atom. The highest BCUT2D eigenvalue weighted by molar-refractivity contribution is 6.11. The van der Waals surface area contributed by atoms with Gasteiger partial charge in [-0.15, -0.1) is 0 Å². The molecule has 0 fully saturated rings. The Morgan fingerprint density at radius 1 is 1.23 bits per heavy atom. The van der Waals surface area contributed by atoms with Crippen molar-refractivity contribution in [2.75, 3.05) is 19.0 Å². The van der Waals surface area contributed by atoms with Crippen LogP contribution in [0.4, 0.5) is 10.1 Å². The van der Waals surface area contributed by atoms with E-state index >= 15 is 0 Å². The fourth-order valence-corrected chi connectivity index (χ4v) is 3.40. The van der Waals surface area contributed by atoms with Gasteiger partial charge in [0, 0.05) is 29.2 Å². The van der Waals surface area contributed by atoms with Crippen LogP contribution < -0.4 is 10.8 Å². The summed E-state index contributed by atoms with van der Waals surface area (Å²) in [5.74, 6) is -0.342. The van der Waals surface area contributed by atoms with Crippen LogP contribution in [0.25, 0.3) is 22.3 Å². The fourth-order valence-electron chi connectivity index (χ4n) is 3.40. The van der Waals surface area contributed by atoms with Gasteiger partial charge in [-0.1, -0.05) is 0 Å². The first kappa shape index (κ1) is 16.6. The minimum absolute atomic E-state index is 0.344. The molecule has 0 saturated carbocycles. The molecule has 1 aliphatic rings. The molecule has 0 spiro atoms. The van der Waals surface area contributed by atoms with Crippen molar-refractivity contribution in [3.05, 3.63) is 53.3 Å². The van der Waals surface area contributed by atoms with Crippen molar-refractivity contribution in [2.45, 2.75) is 19.3 Å². The van der Waals surface area contributed by atoms with Gasteiger partial charge in [-0.05, 0) is 55.2 Å². The van der Waals surface area contributed by atoms with Gasteiger partial charge in [0.1, 0.15) is 17.2 Å². The molecular weight excluding hydrogens is 335 g/mol. The molecule has 1 aliphatic heterocycles. The van der Waals surface area contributed by atoms with Gasteiger partial charge in [-0.25, -0.2) is 9.87 Å². The lowest BCUT2D eigenvalue weighted by molar-refractivity contribution is 0.0539. The van der Waals surface area contributed by atoms with Crippen LogP contribution in [-0.2, 0) is 11.3 Å². The molecule has 3 aromatic rings. The quantitative estimate of drug-likeness (QED) is 0.689. The standard InChI is InChI=1S/C20H19FN2O3/c1-25-23-20(24)18-15-10-13-4-2-3-9-22-16(13)11-17(15)26-19(18)12-5-7-14(21)8-6-12/h5-8,10-11,22H,2-4,9H2,1H3,(H,23,24). The molecule has 6 heteroatoms. The van der Waals surface area contributed by atoms with E-state index in [0.717, 1.165) is 42.4 Å². The number of anilines is 1. The number of fused-ring (bicyclic) bond motifs is 2. The minimum atomic E-state index is -0.396. The summed E-state index contributed by atoms with van der Waals surface area (Å²) in [5, 5.41) is 4.14. The maximum absolute atomic E-state index is 13.3. The van der Waals surface area contributed by atoms with Gasteiger partial charge >= 0.3 is 0 Å². The summed E-state index contributed by atoms with van der Waals surface area (Å²) in [4.78, 5) is 17.4. The third kappa shape index (κ3) is 2.93. The summed E-state index contributed by atoms with van der Waals surface area (Å²) in [7, 11) is 1.38. The molecule has 0 unspecified atom stereocenters. The van der Waals surface area contributed by atoms with Crippen molar-refractivity contribution >= 4 is 22.6 Å². The summed E-state index contributed by atoms with van der Waals surface area (Å²) >= 11 is 0. The van der Waals surface area contributed by atoms with Crippen molar-refractivity contribution in [1.82, 2.24) is 5.48 Å². The molecule has 4 rings (SSSR count). The number of nitrogens with one attached hydrogen (secondary N) is 2. The molecule has 0 radical (unpaired) electrons. The lowest BCUT2D eigenvalue weighted by Crippen LogP contribution is -2.22. The SMILES string of the molecule is CONC(=O)c1c(-c2ccc(F)cc2)oc2cc3c(cc12)CCCCN3. The summed E-state index contributed by atoms with van der Waals surface area (Å²) in [6.07, 6.45) is 3.14. The third-order valence-corrected chi connectivity index (χ3v) is 4.63. The second kappa shape index (κ2) is 6.80. The van der Waals surface area contributed by atoms with Crippen LogP contribution in [0.2, 0.25) is 0 Å². The number of hydrogen-bond acceptors (Lipinski definition) is 4. The number of hydrogen-bond donors (Lipinski definition) is 2. The zero-order valence-corrected chi connectivity index (χ0v) is 14.4. The van der Waals surface area contributed by atoms with E-state index in [2.05, 4.69) is 10.8 Å². The van der Waals surface area contributed by atoms with Gasteiger partial charge in [0.2, 0.25) is 0 Å². The maximum Gasteiger partial charge on any atom is 0.279 e. The highest BCUT2D eigenvalue weighted by Crippen LogP contribution is 2.37. The van der Waals surface area contributed by atoms with E-state index in [9.17, 15) is 9.18 Å². The predicted molar refractivity (Wildman–Crippen MR) is 97.5 cm³/mol. The van der Waals surface area contributed by atoms with Gasteiger partial charge in [-0.3, -0.25) is 9.63 Å². The van der Waals surface area contributed by atoms with E-state index in [1.165, 1.54) is 19.2 Å². The second-order valence-electron chi connectivity index (χ2n) is 6.34. The van der Waals surface area contributed by atoms with Crippen LogP contribution in [-0.4, -0.2) is 19.6 Å². The van der Waals surface area contributed by atoms with E-state index in [0.29, 0.717) is 22.5 Å². The lowest BCUT2D eigenvalue weighted by Gasteiger charge is -2.07. The largest absolute Gasteiger partial charge is 0.455 e. The highest BCUT2D eigenvalue weighted by Gasteiger charge is 2.24. The first-order chi connectivity index (χ1) is 12.7. The van der Waals surface area contributed by atoms with Gasteiger partial charge in [0.05, 0.1) is 12.7 Å². The van der Waals surface area contributed by atoms with Gasteiger partial charge in [0.15, 0.2) is 0 Å². The van der Waals surface area contributed by atoms with Crippen LogP contribution in [0.15, 0.2) is 40.8 Å². The molecule has 0 saturated heterocycles. The predicted octanol–water partition coefficient (Wildman–Crippen LogP) is 4.28. The Kier molecular flexibility index (Phi) is 4.34. The smallest absolute Gasteiger partial charge is 0.279 e. The number of amides is 1. The lowest BCUT2D eigenvalue weighted by atomic mass is 10.0. The van der Waals surface area contributed by atoms with Crippen molar-refractivity contribution < 1.29 is 18.4 Å². The Bertz CT molecular complexity index is 963. The fraction of sp³-hybridized carbons (Fsp3) is 0.250. The number of benzene rings is 2. The van der Waals surface area contributed by atoms with Crippen molar-refractivity contribution in [3.8, 4) is 11.3 Å². The molecule has 1 aromatic heterocycles. The number of halogens is 1. The average Bonchev–Trinajstić information content (AvgIpc) is 2.84. The summed E-state index contributed by atoms with van der Waals surface area (Å²) in [6, 6.07) is 9.82. The second-order valence-corrected chi connectivity index (χ2v) is 6.34. The molecule has 134 valence electrons. The summed E-state index contributed by atoms with van der Waals surface area (Å²) < 4.78 is 19.3. The molecule has 0 bridgehead atoms. The average molecular weight is 354 g/mol. The minimum Gasteiger partial charge on any atom is -0.455 e. The van der Waals surface area contributed by atoms with Gasteiger partial charge < -0.3 is 9.73 Å². The molecule has 2 aromatic carbocycles. The zero-order valence-electron chi connectivity index (χ0n) is 14.4. The molecule has 2 N–H and O–H groups in total. The topological polar surface area (TPSA) is 63.5 Å². The van der Waals surface area contributed by atoms with Crippen molar-refractivity contribution in [3.63, 3.8) is 0 Å². The zero-order chi connectivity index (χ0) is 18.1. The van der Waals surface area contributed by atoms with Crippen LogP contribution in [0.5, 0.6) is 0 Å². The number of rotatable bonds is 3. The van der Waals surface area contributed by atoms with E-state index in [1.807, 2.05) is 12.1 Å². The van der Waals surface area contributed by atoms with Crippen molar-refractivity contribution in [1.29, 1.82) is 0 Å². The van der Waals surface area contributed by atoms with Crippen LogP contribution in [0.3, 0.4) is 0 Å². The first-order valence-corrected chi connectivity index (χ1v) is 8.60. The molecule has 0 atom stereocenters. The third-order valence-electron chi connectivity index (χ3n) is 4.63. The number of carbonyl (C=O) groups excluding carboxylic acids is 1. The molecular formula is C20H19FN2O3. The van der Waals surface area contributed by atoms with Crippen molar-refractivity contribution in [2.24, 2.45) is 0 Å². The number of carbonyl (C=O) groups is 1. The summed E-state index contributed by atoms with van der Waals surface area (Å²) in [5.41, 5.74) is 6.19. The van der Waals surface area contributed by atoms with E-state index in [1.54, 1.807) is 12.1 Å². The molecule has 26 heavy (non-hydrogen) atoms. The van der Waals surface area contributed by atoms with Crippen LogP contribution in [0.1, 0.15) is 28.8 Å². The normalized spacial score (nSPS) is 13.8. The molecule has 5 nitrogen and oxygen atoms in total. The van der Waals surface area contributed by atoms with Gasteiger partial charge in [0.25, 0.3) is 5.91 Å². The Balaban J connectivity index is 1.93. The summed E-state index contributed by atoms with van der Waals surface area (Å²) in [6.45, 7) is 0.918. The highest BCUT2D eigenvalue weighted by atomic mass is 19.1. The van der Waals surface area contributed by atoms with Crippen LogP contribution >= 0.6 is 0 Å². The number of furan rings is 1. The van der Waals surface area contributed by atoms with E-state index in [4.69, 9.17) is 9.25 Å². The van der Waals surface area contributed by atoms with Crippen LogP contribution in [0, 0.1) is 5.82 Å². The molecule has 2 heterocycles. The van der Waals surface area contributed by atoms with E-state index in [-0.39, 0.29) is 5.82 Å². The van der Waals surface area contributed by atoms with Gasteiger partial charge in [-0.2, -0.15) is 0 Å². The first-order valence-electron chi connectivity index (χ1n) is 8.60. The Labute approximate surface area is 150 Å². The Hall–Kier alpha value is -2.86. The number of aryl methyl sites for hydroxylation is 1. The molecule has 1 amide bonds. The molecule has 0 aliphatic carbocycles.